The number of esters is 1. The van der Waals surface area contributed by atoms with Crippen LogP contribution in [0.1, 0.15) is 18.0 Å². The number of amides is 1. The van der Waals surface area contributed by atoms with Crippen molar-refractivity contribution in [2.75, 3.05) is 47.1 Å². The van der Waals surface area contributed by atoms with Gasteiger partial charge in [-0.15, -0.1) is 0 Å². The fourth-order valence-corrected chi connectivity index (χ4v) is 2.62. The summed E-state index contributed by atoms with van der Waals surface area (Å²) in [6.45, 7) is 1.64. The fraction of sp³-hybridized carbons (Fsp3) is 0.529. The molecule has 2 rings (SSSR count). The van der Waals surface area contributed by atoms with Crippen LogP contribution >= 0.6 is 0 Å². The molecule has 0 saturated heterocycles. The summed E-state index contributed by atoms with van der Waals surface area (Å²) in [4.78, 5) is 25.5. The summed E-state index contributed by atoms with van der Waals surface area (Å²) in [5.41, 5.74) is 0.980. The molecule has 0 fully saturated rings. The maximum atomic E-state index is 12.4. The molecule has 24 heavy (non-hydrogen) atoms. The van der Waals surface area contributed by atoms with Crippen LogP contribution < -0.4 is 10.1 Å². The van der Waals surface area contributed by atoms with Crippen molar-refractivity contribution in [3.05, 3.63) is 29.8 Å². The van der Waals surface area contributed by atoms with E-state index in [9.17, 15) is 9.59 Å². The summed E-state index contributed by atoms with van der Waals surface area (Å²) in [5.74, 6) is 0.284. The maximum absolute atomic E-state index is 12.4. The Bertz CT molecular complexity index is 564. The normalized spacial score (nSPS) is 16.2. The van der Waals surface area contributed by atoms with E-state index in [4.69, 9.17) is 9.47 Å². The Morgan fingerprint density at radius 2 is 2.08 bits per heavy atom. The predicted octanol–water partition coefficient (Wildman–Crippen LogP) is 0.748. The van der Waals surface area contributed by atoms with Crippen LogP contribution in [0.2, 0.25) is 0 Å². The molecule has 1 N–H and O–H groups in total. The lowest BCUT2D eigenvalue weighted by Gasteiger charge is -2.28. The molecule has 1 atom stereocenters. The summed E-state index contributed by atoms with van der Waals surface area (Å²) in [6, 6.07) is 7.61. The van der Waals surface area contributed by atoms with E-state index < -0.39 is 0 Å². The van der Waals surface area contributed by atoms with Crippen molar-refractivity contribution in [3.8, 4) is 5.75 Å². The van der Waals surface area contributed by atoms with Crippen molar-refractivity contribution in [2.24, 2.45) is 0 Å². The smallest absolute Gasteiger partial charge is 0.319 e. The number of nitrogens with one attached hydrogen (secondary N) is 1. The highest BCUT2D eigenvalue weighted by atomic mass is 16.5. The summed E-state index contributed by atoms with van der Waals surface area (Å²) in [7, 11) is 2.91. The molecule has 1 aromatic carbocycles. The highest BCUT2D eigenvalue weighted by Crippen LogP contribution is 2.31. The highest BCUT2D eigenvalue weighted by Gasteiger charge is 2.23. The molecule has 0 bridgehead atoms. The molecule has 0 spiro atoms. The molecule has 1 aliphatic rings. The minimum atomic E-state index is -0.379. The van der Waals surface area contributed by atoms with E-state index in [0.29, 0.717) is 19.8 Å². The third-order valence-electron chi connectivity index (χ3n) is 3.85. The van der Waals surface area contributed by atoms with E-state index in [1.807, 2.05) is 24.3 Å². The number of para-hydroxylation sites is 1. The standard InChI is InChI=1S/C17H24N2O5/c1-22-10-8-19(12-17(21)23-2)11-16(20)18-14-7-9-24-15-6-4-3-5-13(14)15/h3-6,14H,7-12H2,1-2H3,(H,18,20). The van der Waals surface area contributed by atoms with Crippen LogP contribution in [0.25, 0.3) is 0 Å². The number of benzene rings is 1. The Balaban J connectivity index is 1.94. The first-order valence-corrected chi connectivity index (χ1v) is 7.93. The van der Waals surface area contributed by atoms with Gasteiger partial charge in [0.15, 0.2) is 0 Å². The SMILES string of the molecule is COCCN(CC(=O)NC1CCOc2ccccc21)CC(=O)OC. The second-order valence-electron chi connectivity index (χ2n) is 5.57. The number of fused-ring (bicyclic) bond motifs is 1. The van der Waals surface area contributed by atoms with Crippen molar-refractivity contribution < 1.29 is 23.8 Å². The summed E-state index contributed by atoms with van der Waals surface area (Å²) in [6.07, 6.45) is 0.720. The van der Waals surface area contributed by atoms with E-state index in [1.54, 1.807) is 12.0 Å². The zero-order valence-electron chi connectivity index (χ0n) is 14.1. The first-order valence-electron chi connectivity index (χ1n) is 7.93. The molecule has 1 heterocycles. The fourth-order valence-electron chi connectivity index (χ4n) is 2.62. The number of nitrogens with zero attached hydrogens (tertiary/aromatic N) is 1. The number of carbonyl (C=O) groups excluding carboxylic acids is 2. The lowest BCUT2D eigenvalue weighted by Crippen LogP contribution is -2.43. The molecular formula is C17H24N2O5. The van der Waals surface area contributed by atoms with E-state index in [1.165, 1.54) is 7.11 Å². The number of carbonyl (C=O) groups is 2. The first-order chi connectivity index (χ1) is 11.6. The number of methoxy groups -OCH3 is 2. The number of hydrogen-bond donors (Lipinski definition) is 1. The molecule has 132 valence electrons. The zero-order chi connectivity index (χ0) is 17.4. The second kappa shape index (κ2) is 9.24. The largest absolute Gasteiger partial charge is 0.493 e. The molecule has 0 radical (unpaired) electrons. The van der Waals surface area contributed by atoms with Crippen LogP contribution in [-0.2, 0) is 19.1 Å². The molecule has 1 unspecified atom stereocenters. The zero-order valence-corrected chi connectivity index (χ0v) is 14.1. The number of ether oxygens (including phenoxy) is 3. The van der Waals surface area contributed by atoms with Gasteiger partial charge < -0.3 is 19.5 Å². The Morgan fingerprint density at radius 3 is 2.83 bits per heavy atom. The predicted molar refractivity (Wildman–Crippen MR) is 87.8 cm³/mol. The molecule has 0 aromatic heterocycles. The molecule has 7 heteroatoms. The molecule has 0 saturated carbocycles. The molecule has 1 aromatic rings. The van der Waals surface area contributed by atoms with E-state index >= 15 is 0 Å². The van der Waals surface area contributed by atoms with Crippen LogP contribution in [-0.4, -0.2) is 63.8 Å². The van der Waals surface area contributed by atoms with Crippen LogP contribution in [0.4, 0.5) is 0 Å². The van der Waals surface area contributed by atoms with Gasteiger partial charge >= 0.3 is 5.97 Å². The van der Waals surface area contributed by atoms with Crippen LogP contribution in [0, 0.1) is 0 Å². The van der Waals surface area contributed by atoms with Crippen molar-refractivity contribution in [3.63, 3.8) is 0 Å². The quantitative estimate of drug-likeness (QED) is 0.706. The van der Waals surface area contributed by atoms with Gasteiger partial charge in [-0.05, 0) is 6.07 Å². The van der Waals surface area contributed by atoms with Gasteiger partial charge in [-0.3, -0.25) is 14.5 Å². The van der Waals surface area contributed by atoms with Crippen molar-refractivity contribution in [1.29, 1.82) is 0 Å². The Labute approximate surface area is 141 Å². The Kier molecular flexibility index (Phi) is 7.02. The second-order valence-corrected chi connectivity index (χ2v) is 5.57. The van der Waals surface area contributed by atoms with Gasteiger partial charge in [-0.25, -0.2) is 0 Å². The highest BCUT2D eigenvalue weighted by molar-refractivity contribution is 5.79. The summed E-state index contributed by atoms with van der Waals surface area (Å²) >= 11 is 0. The van der Waals surface area contributed by atoms with Gasteiger partial charge in [-0.2, -0.15) is 0 Å². The molecule has 1 amide bonds. The Morgan fingerprint density at radius 1 is 1.29 bits per heavy atom. The van der Waals surface area contributed by atoms with Gasteiger partial charge in [0.25, 0.3) is 0 Å². The number of rotatable bonds is 8. The lowest BCUT2D eigenvalue weighted by atomic mass is 10.0. The van der Waals surface area contributed by atoms with E-state index in [-0.39, 0.29) is 31.0 Å². The maximum Gasteiger partial charge on any atom is 0.319 e. The van der Waals surface area contributed by atoms with Gasteiger partial charge in [0.05, 0.1) is 39.5 Å². The minimum Gasteiger partial charge on any atom is -0.493 e. The molecular weight excluding hydrogens is 312 g/mol. The topological polar surface area (TPSA) is 77.1 Å². The van der Waals surface area contributed by atoms with Crippen molar-refractivity contribution in [2.45, 2.75) is 12.5 Å². The van der Waals surface area contributed by atoms with Gasteiger partial charge in [-0.1, -0.05) is 18.2 Å². The monoisotopic (exact) mass is 336 g/mol. The average Bonchev–Trinajstić information content (AvgIpc) is 2.59. The summed E-state index contributed by atoms with van der Waals surface area (Å²) in [5, 5.41) is 3.02. The van der Waals surface area contributed by atoms with Gasteiger partial charge in [0.2, 0.25) is 5.91 Å². The van der Waals surface area contributed by atoms with Crippen LogP contribution in [0.5, 0.6) is 5.75 Å². The molecule has 0 aliphatic carbocycles. The minimum absolute atomic E-state index is 0.0532. The molecule has 7 nitrogen and oxygen atoms in total. The Hall–Kier alpha value is -2.12. The van der Waals surface area contributed by atoms with Crippen LogP contribution in [0.3, 0.4) is 0 Å². The van der Waals surface area contributed by atoms with Gasteiger partial charge in [0, 0.05) is 25.6 Å². The van der Waals surface area contributed by atoms with Crippen molar-refractivity contribution >= 4 is 11.9 Å². The third kappa shape index (κ3) is 5.21. The van der Waals surface area contributed by atoms with E-state index in [0.717, 1.165) is 17.7 Å². The third-order valence-corrected chi connectivity index (χ3v) is 3.85. The van der Waals surface area contributed by atoms with Crippen molar-refractivity contribution in [1.82, 2.24) is 10.2 Å². The van der Waals surface area contributed by atoms with E-state index in [2.05, 4.69) is 10.1 Å². The molecule has 1 aliphatic heterocycles. The van der Waals surface area contributed by atoms with Crippen LogP contribution in [0.15, 0.2) is 24.3 Å². The summed E-state index contributed by atoms with van der Waals surface area (Å²) < 4.78 is 15.3. The lowest BCUT2D eigenvalue weighted by molar-refractivity contribution is -0.142. The first kappa shape index (κ1) is 18.2. The average molecular weight is 336 g/mol. The van der Waals surface area contributed by atoms with Gasteiger partial charge in [0.1, 0.15) is 5.75 Å². The number of hydrogen-bond acceptors (Lipinski definition) is 6.